The zero-order chi connectivity index (χ0) is 16.7. The van der Waals surface area contributed by atoms with E-state index >= 15 is 0 Å². The van der Waals surface area contributed by atoms with Gasteiger partial charge in [-0.1, -0.05) is 47.5 Å². The minimum atomic E-state index is -0.683. The average Bonchev–Trinajstić information content (AvgIpc) is 3.03. The van der Waals surface area contributed by atoms with E-state index in [1.807, 2.05) is 19.1 Å². The quantitative estimate of drug-likeness (QED) is 0.675. The molecule has 0 bridgehead atoms. The second-order valence-corrected chi connectivity index (χ2v) is 9.01. The van der Waals surface area contributed by atoms with Gasteiger partial charge in [0.1, 0.15) is 0 Å². The van der Waals surface area contributed by atoms with Gasteiger partial charge in [-0.2, -0.15) is 0 Å². The molecule has 6 atom stereocenters. The van der Waals surface area contributed by atoms with Gasteiger partial charge in [-0.15, -0.1) is 0 Å². The number of halogens is 1. The third-order valence-electron chi connectivity index (χ3n) is 6.72. The Morgan fingerprint density at radius 3 is 2.87 bits per heavy atom. The predicted octanol–water partition coefficient (Wildman–Crippen LogP) is 5.21. The highest BCUT2D eigenvalue weighted by Gasteiger charge is 2.50. The molecule has 23 heavy (non-hydrogen) atoms. The van der Waals surface area contributed by atoms with Crippen molar-refractivity contribution in [2.24, 2.45) is 23.2 Å². The first-order valence-electron chi connectivity index (χ1n) is 9.18. The van der Waals surface area contributed by atoms with Crippen LogP contribution in [0, 0.1) is 23.2 Å². The van der Waals surface area contributed by atoms with Gasteiger partial charge in [0.05, 0.1) is 18.3 Å². The normalized spacial score (nSPS) is 46.3. The van der Waals surface area contributed by atoms with Gasteiger partial charge in [0.15, 0.2) is 0 Å². The molecule has 1 N–H and O–H groups in total. The summed E-state index contributed by atoms with van der Waals surface area (Å²) < 4.78 is 6.12. The van der Waals surface area contributed by atoms with Crippen LogP contribution in [0.25, 0.3) is 0 Å². The molecule has 2 saturated carbocycles. The number of fused-ring (bicyclic) bond motifs is 1. The summed E-state index contributed by atoms with van der Waals surface area (Å²) in [7, 11) is 0. The third kappa shape index (κ3) is 3.48. The largest absolute Gasteiger partial charge is 0.386 e. The molecule has 2 fully saturated rings. The van der Waals surface area contributed by atoms with E-state index in [0.29, 0.717) is 17.8 Å². The first-order valence-corrected chi connectivity index (χ1v) is 10.1. The lowest BCUT2D eigenvalue weighted by Crippen LogP contribution is -2.37. The van der Waals surface area contributed by atoms with E-state index in [0.717, 1.165) is 18.4 Å². The molecule has 0 aromatic carbocycles. The minimum absolute atomic E-state index is 0.0850. The molecular formula is C20H31BrO2. The Bertz CT molecular complexity index is 496. The van der Waals surface area contributed by atoms with Gasteiger partial charge in [0, 0.05) is 6.42 Å². The van der Waals surface area contributed by atoms with E-state index in [1.165, 1.54) is 32.1 Å². The van der Waals surface area contributed by atoms with Gasteiger partial charge in [0.25, 0.3) is 0 Å². The van der Waals surface area contributed by atoms with Crippen molar-refractivity contribution in [2.75, 3.05) is 6.61 Å². The fraction of sp³-hybridized carbons (Fsp3) is 0.800. The van der Waals surface area contributed by atoms with Crippen molar-refractivity contribution >= 4 is 15.9 Å². The van der Waals surface area contributed by atoms with Crippen LogP contribution in [0.3, 0.4) is 0 Å². The van der Waals surface area contributed by atoms with Crippen LogP contribution in [0.4, 0.5) is 0 Å². The fourth-order valence-corrected chi connectivity index (χ4v) is 6.06. The van der Waals surface area contributed by atoms with Gasteiger partial charge in [-0.3, -0.25) is 0 Å². The van der Waals surface area contributed by atoms with Crippen LogP contribution >= 0.6 is 15.9 Å². The number of ether oxygens (including phenoxy) is 1. The van der Waals surface area contributed by atoms with Crippen LogP contribution in [0.5, 0.6) is 0 Å². The van der Waals surface area contributed by atoms with Crippen molar-refractivity contribution in [2.45, 2.75) is 71.0 Å². The standard InChI is InChI=1S/C20H31BrO2/c1-14(13-23-16-8-10-19(2,22)11-16)17-6-7-18-15(12-21)5-4-9-20(17,18)3/h8,10,12,14,16-18,22H,4-7,9,11,13H2,1-3H3/b15-12+/t14-,16-,17+,18?,19-,20+/m0/s1. The zero-order valence-corrected chi connectivity index (χ0v) is 16.3. The van der Waals surface area contributed by atoms with E-state index in [2.05, 4.69) is 34.8 Å². The summed E-state index contributed by atoms with van der Waals surface area (Å²) in [6, 6.07) is 0. The molecule has 3 aliphatic carbocycles. The summed E-state index contributed by atoms with van der Waals surface area (Å²) in [5.41, 5.74) is 1.39. The van der Waals surface area contributed by atoms with Crippen molar-refractivity contribution in [1.82, 2.24) is 0 Å². The van der Waals surface area contributed by atoms with Crippen molar-refractivity contribution in [3.05, 3.63) is 22.7 Å². The smallest absolute Gasteiger partial charge is 0.0828 e. The van der Waals surface area contributed by atoms with E-state index < -0.39 is 5.60 Å². The Labute approximate surface area is 149 Å². The van der Waals surface area contributed by atoms with Gasteiger partial charge in [-0.05, 0) is 67.2 Å². The highest BCUT2D eigenvalue weighted by molar-refractivity contribution is 9.11. The molecule has 0 aromatic rings. The van der Waals surface area contributed by atoms with Crippen LogP contribution in [0.15, 0.2) is 22.7 Å². The molecule has 1 unspecified atom stereocenters. The monoisotopic (exact) mass is 382 g/mol. The maximum Gasteiger partial charge on any atom is 0.0828 e. The topological polar surface area (TPSA) is 29.5 Å². The number of hydrogen-bond acceptors (Lipinski definition) is 2. The van der Waals surface area contributed by atoms with Crippen LogP contribution in [0.1, 0.15) is 59.3 Å². The highest BCUT2D eigenvalue weighted by Crippen LogP contribution is 2.59. The summed E-state index contributed by atoms with van der Waals surface area (Å²) in [6.45, 7) is 7.55. The van der Waals surface area contributed by atoms with Crippen LogP contribution in [-0.4, -0.2) is 23.4 Å². The van der Waals surface area contributed by atoms with E-state index in [9.17, 15) is 5.11 Å². The average molecular weight is 383 g/mol. The van der Waals surface area contributed by atoms with Crippen LogP contribution < -0.4 is 0 Å². The van der Waals surface area contributed by atoms with E-state index in [-0.39, 0.29) is 6.10 Å². The molecule has 0 saturated heterocycles. The summed E-state index contributed by atoms with van der Waals surface area (Å²) in [4.78, 5) is 2.20. The SMILES string of the molecule is C[C@@H](CO[C@H]1C=C[C@](C)(O)C1)[C@H]1CCC2/C(=C/Br)CCC[C@@]21C. The highest BCUT2D eigenvalue weighted by atomic mass is 79.9. The van der Waals surface area contributed by atoms with Crippen molar-refractivity contribution in [3.63, 3.8) is 0 Å². The fourth-order valence-electron chi connectivity index (χ4n) is 5.51. The molecule has 0 radical (unpaired) electrons. The first-order chi connectivity index (χ1) is 10.9. The number of hydrogen-bond donors (Lipinski definition) is 1. The summed E-state index contributed by atoms with van der Waals surface area (Å²) in [5.74, 6) is 2.09. The zero-order valence-electron chi connectivity index (χ0n) is 14.7. The molecule has 3 rings (SSSR count). The van der Waals surface area contributed by atoms with Crippen LogP contribution in [-0.2, 0) is 4.74 Å². The molecule has 0 heterocycles. The minimum Gasteiger partial charge on any atom is -0.386 e. The number of rotatable bonds is 4. The molecule has 0 aromatic heterocycles. The maximum absolute atomic E-state index is 10.0. The van der Waals surface area contributed by atoms with Crippen molar-refractivity contribution < 1.29 is 9.84 Å². The lowest BCUT2D eigenvalue weighted by atomic mass is 9.61. The van der Waals surface area contributed by atoms with Gasteiger partial charge in [-0.25, -0.2) is 0 Å². The van der Waals surface area contributed by atoms with Gasteiger partial charge >= 0.3 is 0 Å². The van der Waals surface area contributed by atoms with Crippen LogP contribution in [0.2, 0.25) is 0 Å². The molecular weight excluding hydrogens is 352 g/mol. The summed E-state index contributed by atoms with van der Waals surface area (Å²) in [5, 5.41) is 10.0. The lowest BCUT2D eigenvalue weighted by Gasteiger charge is -2.44. The Kier molecular flexibility index (Phi) is 5.11. The molecule has 0 amide bonds. The molecule has 0 aliphatic heterocycles. The summed E-state index contributed by atoms with van der Waals surface area (Å²) >= 11 is 3.60. The van der Waals surface area contributed by atoms with E-state index in [4.69, 9.17) is 4.74 Å². The molecule has 0 spiro atoms. The molecule has 3 aliphatic rings. The van der Waals surface area contributed by atoms with Crippen molar-refractivity contribution in [3.8, 4) is 0 Å². The Morgan fingerprint density at radius 1 is 1.43 bits per heavy atom. The molecule has 130 valence electrons. The lowest BCUT2D eigenvalue weighted by molar-refractivity contribution is -0.00791. The summed E-state index contributed by atoms with van der Waals surface area (Å²) in [6.07, 6.45) is 11.3. The third-order valence-corrected chi connectivity index (χ3v) is 7.31. The molecule has 3 heteroatoms. The van der Waals surface area contributed by atoms with Crippen molar-refractivity contribution in [1.29, 1.82) is 0 Å². The predicted molar refractivity (Wildman–Crippen MR) is 98.5 cm³/mol. The Hall–Kier alpha value is -0.120. The number of allylic oxidation sites excluding steroid dienone is 1. The second-order valence-electron chi connectivity index (χ2n) is 8.55. The Morgan fingerprint density at radius 2 is 2.22 bits per heavy atom. The molecule has 2 nitrogen and oxygen atoms in total. The number of aliphatic hydroxyl groups is 1. The first kappa shape index (κ1) is 17.7. The van der Waals surface area contributed by atoms with Gasteiger partial charge < -0.3 is 9.84 Å². The Balaban J connectivity index is 1.60. The second kappa shape index (κ2) is 6.65. The van der Waals surface area contributed by atoms with Gasteiger partial charge in [0.2, 0.25) is 0 Å². The van der Waals surface area contributed by atoms with E-state index in [1.54, 1.807) is 5.57 Å². The maximum atomic E-state index is 10.0.